The summed E-state index contributed by atoms with van der Waals surface area (Å²) in [6.45, 7) is 13.7. The van der Waals surface area contributed by atoms with E-state index >= 15 is 0 Å². The smallest absolute Gasteiger partial charge is 0.505 e. The van der Waals surface area contributed by atoms with E-state index < -0.39 is 23.8 Å². The normalized spacial score (nSPS) is 11.3. The molecule has 0 unspecified atom stereocenters. The molecule has 0 spiro atoms. The number of hydrogen-bond donors (Lipinski definition) is 2. The number of carbonyl (C=O) groups is 1. The number of alkyl halides is 3. The Morgan fingerprint density at radius 1 is 1.06 bits per heavy atom. The van der Waals surface area contributed by atoms with Crippen LogP contribution in [0.5, 0.6) is 11.5 Å². The highest BCUT2D eigenvalue weighted by atomic mass is 19.4. The number of aromatic nitrogens is 1. The minimum atomic E-state index is -4.88. The van der Waals surface area contributed by atoms with Gasteiger partial charge >= 0.3 is 12.3 Å². The largest absolute Gasteiger partial charge is 0.573 e. The van der Waals surface area contributed by atoms with Crippen LogP contribution in [0.25, 0.3) is 22.2 Å². The third kappa shape index (κ3) is 6.38. The van der Waals surface area contributed by atoms with Crippen molar-refractivity contribution in [3.05, 3.63) is 53.1 Å². The van der Waals surface area contributed by atoms with Crippen molar-refractivity contribution >= 4 is 16.9 Å². The van der Waals surface area contributed by atoms with Gasteiger partial charge in [-0.2, -0.15) is 0 Å². The van der Waals surface area contributed by atoms with Crippen LogP contribution in [0, 0.1) is 13.8 Å². The van der Waals surface area contributed by atoms with Crippen molar-refractivity contribution in [2.45, 2.75) is 41.0 Å². The molecule has 1 heterocycles. The van der Waals surface area contributed by atoms with Gasteiger partial charge in [0.25, 0.3) is 0 Å². The monoisotopic (exact) mass is 478 g/mol. The van der Waals surface area contributed by atoms with Crippen LogP contribution in [0.1, 0.15) is 42.3 Å². The summed E-state index contributed by atoms with van der Waals surface area (Å²) in [4.78, 5) is 18.4. The summed E-state index contributed by atoms with van der Waals surface area (Å²) in [5, 5.41) is 20.3. The van der Waals surface area contributed by atoms with Gasteiger partial charge in [-0.3, -0.25) is 0 Å². The first kappa shape index (κ1) is 26.9. The Bertz CT molecular complexity index is 1150. The first-order valence-corrected chi connectivity index (χ1v) is 10.9. The Balaban J connectivity index is 0.000000509. The molecule has 0 aliphatic rings. The standard InChI is InChI=1S/C19H14F3NO4.C6H15N/c1-9-6-7-13-14(18(25)26)17(24)16(23-15(13)10(9)2)11-4-3-5-12(8-11)27-19(20,21)22;1-4-7(5-2)6-3/h3-8,24H,1-2H3,(H,25,26);4-6H2,1-3H3. The summed E-state index contributed by atoms with van der Waals surface area (Å²) in [5.41, 5.74) is 1.51. The summed E-state index contributed by atoms with van der Waals surface area (Å²) in [6, 6.07) is 8.10. The fraction of sp³-hybridized carbons (Fsp3) is 0.360. The number of pyridine rings is 1. The molecule has 0 bridgehead atoms. The number of nitrogens with zero attached hydrogens (tertiary/aromatic N) is 2. The van der Waals surface area contributed by atoms with Crippen LogP contribution in [-0.2, 0) is 0 Å². The van der Waals surface area contributed by atoms with Crippen molar-refractivity contribution in [1.29, 1.82) is 0 Å². The molecular formula is C25H29F3N2O4. The molecule has 0 aliphatic heterocycles. The lowest BCUT2D eigenvalue weighted by molar-refractivity contribution is -0.274. The number of aryl methyl sites for hydroxylation is 2. The zero-order chi connectivity index (χ0) is 25.6. The molecule has 34 heavy (non-hydrogen) atoms. The van der Waals surface area contributed by atoms with Crippen molar-refractivity contribution in [3.8, 4) is 22.8 Å². The fourth-order valence-electron chi connectivity index (χ4n) is 3.49. The van der Waals surface area contributed by atoms with Gasteiger partial charge in [-0.25, -0.2) is 9.78 Å². The Morgan fingerprint density at radius 2 is 1.68 bits per heavy atom. The van der Waals surface area contributed by atoms with Gasteiger partial charge in [0.05, 0.1) is 5.52 Å². The summed E-state index contributed by atoms with van der Waals surface area (Å²) < 4.78 is 41.3. The molecule has 3 rings (SSSR count). The van der Waals surface area contributed by atoms with Gasteiger partial charge in [0.15, 0.2) is 5.75 Å². The maximum Gasteiger partial charge on any atom is 0.573 e. The van der Waals surface area contributed by atoms with Crippen LogP contribution in [-0.4, -0.2) is 52.1 Å². The predicted octanol–water partition coefficient (Wildman–Crippen LogP) is 6.17. The molecule has 0 atom stereocenters. The maximum absolute atomic E-state index is 12.5. The Morgan fingerprint density at radius 3 is 2.18 bits per heavy atom. The van der Waals surface area contributed by atoms with Crippen molar-refractivity contribution < 1.29 is 32.9 Å². The molecule has 0 saturated heterocycles. The predicted molar refractivity (Wildman–Crippen MR) is 125 cm³/mol. The number of carboxylic acids is 1. The lowest BCUT2D eigenvalue weighted by Gasteiger charge is -2.14. The molecular weight excluding hydrogens is 449 g/mol. The van der Waals surface area contributed by atoms with Gasteiger partial charge in [-0.15, -0.1) is 13.2 Å². The first-order valence-electron chi connectivity index (χ1n) is 10.9. The van der Waals surface area contributed by atoms with Crippen molar-refractivity contribution in [3.63, 3.8) is 0 Å². The molecule has 2 aromatic carbocycles. The maximum atomic E-state index is 12.5. The lowest BCUT2D eigenvalue weighted by atomic mass is 9.98. The average Bonchev–Trinajstić information content (AvgIpc) is 2.76. The summed E-state index contributed by atoms with van der Waals surface area (Å²) >= 11 is 0. The van der Waals surface area contributed by atoms with Crippen LogP contribution in [0.15, 0.2) is 36.4 Å². The molecule has 9 heteroatoms. The number of ether oxygens (including phenoxy) is 1. The van der Waals surface area contributed by atoms with E-state index in [1.807, 2.05) is 6.92 Å². The van der Waals surface area contributed by atoms with E-state index in [-0.39, 0.29) is 22.2 Å². The van der Waals surface area contributed by atoms with Crippen LogP contribution in [0.4, 0.5) is 13.2 Å². The highest BCUT2D eigenvalue weighted by Crippen LogP contribution is 2.38. The van der Waals surface area contributed by atoms with E-state index in [0.29, 0.717) is 11.1 Å². The molecule has 0 fully saturated rings. The number of aromatic hydroxyl groups is 1. The number of carboxylic acid groups (broad SMARTS) is 1. The van der Waals surface area contributed by atoms with Crippen molar-refractivity contribution in [1.82, 2.24) is 9.88 Å². The van der Waals surface area contributed by atoms with E-state index in [0.717, 1.165) is 17.7 Å². The van der Waals surface area contributed by atoms with Crippen molar-refractivity contribution in [2.75, 3.05) is 19.6 Å². The molecule has 0 saturated carbocycles. The van der Waals surface area contributed by atoms with Gasteiger partial charge in [-0.1, -0.05) is 45.0 Å². The van der Waals surface area contributed by atoms with E-state index in [1.165, 1.54) is 31.8 Å². The molecule has 2 N–H and O–H groups in total. The minimum absolute atomic E-state index is 0.0968. The molecule has 0 amide bonds. The topological polar surface area (TPSA) is 82.9 Å². The van der Waals surface area contributed by atoms with Crippen LogP contribution >= 0.6 is 0 Å². The van der Waals surface area contributed by atoms with E-state index in [4.69, 9.17) is 0 Å². The summed E-state index contributed by atoms with van der Waals surface area (Å²) in [6.07, 6.45) is -4.88. The third-order valence-electron chi connectivity index (χ3n) is 5.55. The Kier molecular flexibility index (Phi) is 8.86. The minimum Gasteiger partial charge on any atom is -0.505 e. The van der Waals surface area contributed by atoms with Crippen LogP contribution < -0.4 is 4.74 Å². The first-order chi connectivity index (χ1) is 15.9. The Hall–Kier alpha value is -3.33. The fourth-order valence-corrected chi connectivity index (χ4v) is 3.49. The summed E-state index contributed by atoms with van der Waals surface area (Å²) in [5.74, 6) is -2.49. The average molecular weight is 479 g/mol. The van der Waals surface area contributed by atoms with Gasteiger partial charge in [0.2, 0.25) is 0 Å². The van der Waals surface area contributed by atoms with Crippen LogP contribution in [0.2, 0.25) is 0 Å². The molecule has 1 aromatic heterocycles. The van der Waals surface area contributed by atoms with E-state index in [9.17, 15) is 28.2 Å². The molecule has 184 valence electrons. The van der Waals surface area contributed by atoms with E-state index in [2.05, 4.69) is 35.4 Å². The van der Waals surface area contributed by atoms with Gasteiger partial charge in [0.1, 0.15) is 17.0 Å². The third-order valence-corrected chi connectivity index (χ3v) is 5.55. The number of halogens is 3. The lowest BCUT2D eigenvalue weighted by Crippen LogP contribution is -2.21. The zero-order valence-corrected chi connectivity index (χ0v) is 19.8. The number of fused-ring (bicyclic) bond motifs is 1. The zero-order valence-electron chi connectivity index (χ0n) is 19.8. The quantitative estimate of drug-likeness (QED) is 0.441. The SMILES string of the molecule is CCN(CC)CC.Cc1ccc2c(C(=O)O)c(O)c(-c3cccc(OC(F)(F)F)c3)nc2c1C. The van der Waals surface area contributed by atoms with Gasteiger partial charge < -0.3 is 19.8 Å². The number of aromatic carboxylic acids is 1. The number of rotatable bonds is 6. The highest BCUT2D eigenvalue weighted by Gasteiger charge is 2.31. The van der Waals surface area contributed by atoms with Crippen molar-refractivity contribution in [2.24, 2.45) is 0 Å². The van der Waals surface area contributed by atoms with Crippen LogP contribution in [0.3, 0.4) is 0 Å². The number of hydrogen-bond acceptors (Lipinski definition) is 5. The van der Waals surface area contributed by atoms with Gasteiger partial charge in [0, 0.05) is 10.9 Å². The van der Waals surface area contributed by atoms with E-state index in [1.54, 1.807) is 19.1 Å². The Labute approximate surface area is 196 Å². The van der Waals surface area contributed by atoms with Gasteiger partial charge in [-0.05, 0) is 56.7 Å². The second kappa shape index (κ2) is 11.2. The second-order valence-corrected chi connectivity index (χ2v) is 7.59. The molecule has 6 nitrogen and oxygen atoms in total. The second-order valence-electron chi connectivity index (χ2n) is 7.59. The highest BCUT2D eigenvalue weighted by molar-refractivity contribution is 6.08. The molecule has 0 aliphatic carbocycles. The molecule has 0 radical (unpaired) electrons. The molecule has 3 aromatic rings. The number of benzene rings is 2. The summed E-state index contributed by atoms with van der Waals surface area (Å²) in [7, 11) is 0.